The van der Waals surface area contributed by atoms with Crippen molar-refractivity contribution in [1.82, 2.24) is 10.2 Å². The first-order chi connectivity index (χ1) is 11.1. The first-order valence-electron chi connectivity index (χ1n) is 7.74. The second-order valence-electron chi connectivity index (χ2n) is 5.80. The molecule has 4 heteroatoms. The Morgan fingerprint density at radius 3 is 2.35 bits per heavy atom. The molecule has 122 valence electrons. The Morgan fingerprint density at radius 2 is 1.74 bits per heavy atom. The summed E-state index contributed by atoms with van der Waals surface area (Å²) in [5.74, 6) is 0.582. The zero-order valence-electron chi connectivity index (χ0n) is 14.0. The zero-order valence-corrected chi connectivity index (χ0v) is 14.0. The van der Waals surface area contributed by atoms with Gasteiger partial charge in [-0.15, -0.1) is 0 Å². The summed E-state index contributed by atoms with van der Waals surface area (Å²) in [6.07, 6.45) is 0. The lowest BCUT2D eigenvalue weighted by atomic mass is 10.0. The third-order valence-corrected chi connectivity index (χ3v) is 3.69. The first-order valence-corrected chi connectivity index (χ1v) is 7.74. The quantitative estimate of drug-likeness (QED) is 0.855. The van der Waals surface area contributed by atoms with E-state index in [1.54, 1.807) is 0 Å². The summed E-state index contributed by atoms with van der Waals surface area (Å²) < 4.78 is 5.46. The fraction of sp³-hybridized carbons (Fsp3) is 0.316. The van der Waals surface area contributed by atoms with E-state index in [2.05, 4.69) is 41.4 Å². The lowest BCUT2D eigenvalue weighted by Gasteiger charge is -2.25. The van der Waals surface area contributed by atoms with Gasteiger partial charge in [0.1, 0.15) is 5.75 Å². The van der Waals surface area contributed by atoms with Crippen molar-refractivity contribution in [2.75, 3.05) is 27.2 Å². The molecule has 0 aliphatic rings. The predicted molar refractivity (Wildman–Crippen MR) is 92.6 cm³/mol. The number of aryl methyl sites for hydroxylation is 1. The number of ether oxygens (including phenoxy) is 1. The van der Waals surface area contributed by atoms with Gasteiger partial charge in [-0.05, 0) is 38.7 Å². The highest BCUT2D eigenvalue weighted by Crippen LogP contribution is 2.17. The minimum absolute atomic E-state index is 0.0259. The van der Waals surface area contributed by atoms with Crippen molar-refractivity contribution in [2.24, 2.45) is 0 Å². The molecule has 0 unspecified atom stereocenters. The molecular formula is C19H24N2O2. The van der Waals surface area contributed by atoms with Crippen LogP contribution in [0, 0.1) is 6.92 Å². The Hall–Kier alpha value is -2.33. The van der Waals surface area contributed by atoms with Crippen LogP contribution in [0.4, 0.5) is 0 Å². The second kappa shape index (κ2) is 8.34. The minimum Gasteiger partial charge on any atom is -0.484 e. The summed E-state index contributed by atoms with van der Waals surface area (Å²) in [7, 11) is 4.02. The van der Waals surface area contributed by atoms with Crippen LogP contribution >= 0.6 is 0 Å². The van der Waals surface area contributed by atoms with Gasteiger partial charge in [0.05, 0.1) is 6.04 Å². The lowest BCUT2D eigenvalue weighted by molar-refractivity contribution is -0.123. The van der Waals surface area contributed by atoms with Gasteiger partial charge in [0.15, 0.2) is 6.61 Å². The van der Waals surface area contributed by atoms with E-state index in [9.17, 15) is 4.79 Å². The molecule has 23 heavy (non-hydrogen) atoms. The van der Waals surface area contributed by atoms with E-state index in [1.165, 1.54) is 11.1 Å². The number of para-hydroxylation sites is 1. The van der Waals surface area contributed by atoms with Crippen LogP contribution in [0.3, 0.4) is 0 Å². The van der Waals surface area contributed by atoms with Gasteiger partial charge in [0.25, 0.3) is 5.91 Å². The number of hydrogen-bond donors (Lipinski definition) is 1. The number of nitrogens with zero attached hydrogens (tertiary/aromatic N) is 1. The molecule has 0 spiro atoms. The van der Waals surface area contributed by atoms with Crippen LogP contribution in [0.2, 0.25) is 0 Å². The number of hydrogen-bond acceptors (Lipinski definition) is 3. The molecule has 0 saturated heterocycles. The van der Waals surface area contributed by atoms with Crippen LogP contribution in [-0.2, 0) is 4.79 Å². The van der Waals surface area contributed by atoms with Gasteiger partial charge in [-0.2, -0.15) is 0 Å². The van der Waals surface area contributed by atoms with Gasteiger partial charge in [-0.25, -0.2) is 0 Å². The molecule has 0 bridgehead atoms. The topological polar surface area (TPSA) is 41.6 Å². The SMILES string of the molecule is Cc1ccc([C@H](CNC(=O)COc2ccccc2)N(C)C)cc1. The van der Waals surface area contributed by atoms with Crippen LogP contribution in [0.1, 0.15) is 17.2 Å². The zero-order chi connectivity index (χ0) is 16.7. The van der Waals surface area contributed by atoms with Crippen molar-refractivity contribution in [3.8, 4) is 5.75 Å². The first kappa shape index (κ1) is 17.0. The molecular weight excluding hydrogens is 288 g/mol. The maximum atomic E-state index is 12.0. The molecule has 0 fully saturated rings. The number of rotatable bonds is 7. The second-order valence-corrected chi connectivity index (χ2v) is 5.80. The van der Waals surface area contributed by atoms with Gasteiger partial charge in [0.2, 0.25) is 0 Å². The summed E-state index contributed by atoms with van der Waals surface area (Å²) >= 11 is 0. The minimum atomic E-state index is -0.118. The van der Waals surface area contributed by atoms with Crippen molar-refractivity contribution in [3.63, 3.8) is 0 Å². The normalized spacial score (nSPS) is 12.0. The highest BCUT2D eigenvalue weighted by Gasteiger charge is 2.15. The number of amides is 1. The van der Waals surface area contributed by atoms with E-state index < -0.39 is 0 Å². The largest absolute Gasteiger partial charge is 0.484 e. The molecule has 2 aromatic rings. The molecule has 0 heterocycles. The molecule has 1 amide bonds. The molecule has 0 radical (unpaired) electrons. The van der Waals surface area contributed by atoms with Crippen LogP contribution in [0.5, 0.6) is 5.75 Å². The summed E-state index contributed by atoms with van der Waals surface area (Å²) in [5.41, 5.74) is 2.41. The predicted octanol–water partition coefficient (Wildman–Crippen LogP) is 2.79. The smallest absolute Gasteiger partial charge is 0.258 e. The standard InChI is InChI=1S/C19H24N2O2/c1-15-9-11-16(12-10-15)18(21(2)3)13-20-19(22)14-23-17-7-5-4-6-8-17/h4-12,18H,13-14H2,1-3H3,(H,20,22)/t18-/m0/s1. The van der Waals surface area contributed by atoms with Crippen molar-refractivity contribution >= 4 is 5.91 Å². The Bertz CT molecular complexity index is 609. The van der Waals surface area contributed by atoms with Crippen LogP contribution in [-0.4, -0.2) is 38.1 Å². The van der Waals surface area contributed by atoms with Crippen molar-refractivity contribution in [2.45, 2.75) is 13.0 Å². The van der Waals surface area contributed by atoms with E-state index >= 15 is 0 Å². The van der Waals surface area contributed by atoms with Crippen molar-refractivity contribution < 1.29 is 9.53 Å². The van der Waals surface area contributed by atoms with E-state index in [1.807, 2.05) is 44.4 Å². The average molecular weight is 312 g/mol. The molecule has 2 rings (SSSR count). The molecule has 0 saturated carbocycles. The Balaban J connectivity index is 1.86. The summed E-state index contributed by atoms with van der Waals surface area (Å²) in [6.45, 7) is 2.64. The van der Waals surface area contributed by atoms with Crippen LogP contribution in [0.15, 0.2) is 54.6 Å². The van der Waals surface area contributed by atoms with Crippen molar-refractivity contribution in [3.05, 3.63) is 65.7 Å². The maximum absolute atomic E-state index is 12.0. The maximum Gasteiger partial charge on any atom is 0.258 e. The Morgan fingerprint density at radius 1 is 1.09 bits per heavy atom. The number of carbonyl (C=O) groups is 1. The third kappa shape index (κ3) is 5.42. The molecule has 2 aromatic carbocycles. The van der Waals surface area contributed by atoms with Crippen molar-refractivity contribution in [1.29, 1.82) is 0 Å². The molecule has 1 atom stereocenters. The Labute approximate surface area is 138 Å². The molecule has 0 aromatic heterocycles. The van der Waals surface area contributed by atoms with Gasteiger partial charge >= 0.3 is 0 Å². The number of benzene rings is 2. The van der Waals surface area contributed by atoms with Gasteiger partial charge < -0.3 is 15.0 Å². The van der Waals surface area contributed by atoms with Gasteiger partial charge in [-0.1, -0.05) is 48.0 Å². The fourth-order valence-corrected chi connectivity index (χ4v) is 2.31. The van der Waals surface area contributed by atoms with Crippen LogP contribution < -0.4 is 10.1 Å². The highest BCUT2D eigenvalue weighted by atomic mass is 16.5. The third-order valence-electron chi connectivity index (χ3n) is 3.69. The van der Waals surface area contributed by atoms with Gasteiger partial charge in [-0.3, -0.25) is 4.79 Å². The average Bonchev–Trinajstić information content (AvgIpc) is 2.55. The van der Waals surface area contributed by atoms with E-state index in [4.69, 9.17) is 4.74 Å². The highest BCUT2D eigenvalue weighted by molar-refractivity contribution is 5.77. The molecule has 4 nitrogen and oxygen atoms in total. The van der Waals surface area contributed by atoms with Crippen LogP contribution in [0.25, 0.3) is 0 Å². The molecule has 0 aliphatic carbocycles. The fourth-order valence-electron chi connectivity index (χ4n) is 2.31. The molecule has 0 aliphatic heterocycles. The molecule has 1 N–H and O–H groups in total. The van der Waals surface area contributed by atoms with E-state index in [0.717, 1.165) is 0 Å². The van der Waals surface area contributed by atoms with Gasteiger partial charge in [0, 0.05) is 6.54 Å². The monoisotopic (exact) mass is 312 g/mol. The summed E-state index contributed by atoms with van der Waals surface area (Å²) in [5, 5.41) is 2.94. The summed E-state index contributed by atoms with van der Waals surface area (Å²) in [4.78, 5) is 14.1. The number of carbonyl (C=O) groups excluding carboxylic acids is 1. The summed E-state index contributed by atoms with van der Waals surface area (Å²) in [6, 6.07) is 17.9. The Kier molecular flexibility index (Phi) is 6.18. The van der Waals surface area contributed by atoms with E-state index in [0.29, 0.717) is 12.3 Å². The number of nitrogens with one attached hydrogen (secondary N) is 1. The number of likely N-dealkylation sites (N-methyl/N-ethyl adjacent to an activating group) is 1. The van der Waals surface area contributed by atoms with E-state index in [-0.39, 0.29) is 18.6 Å². The lowest BCUT2D eigenvalue weighted by Crippen LogP contribution is -2.36.